The van der Waals surface area contributed by atoms with Crippen LogP contribution in [0.25, 0.3) is 16.7 Å². The number of amides is 1. The van der Waals surface area contributed by atoms with Crippen LogP contribution in [0.2, 0.25) is 0 Å². The van der Waals surface area contributed by atoms with Crippen molar-refractivity contribution in [3.63, 3.8) is 0 Å². The number of hydrogen-bond acceptors (Lipinski definition) is 7. The molecule has 3 heterocycles. The summed E-state index contributed by atoms with van der Waals surface area (Å²) in [5.74, 6) is 1.26. The number of pyridine rings is 1. The Labute approximate surface area is 208 Å². The van der Waals surface area contributed by atoms with E-state index in [0.29, 0.717) is 28.4 Å². The molecule has 4 rings (SSSR count). The van der Waals surface area contributed by atoms with E-state index in [4.69, 9.17) is 4.42 Å². The fourth-order valence-electron chi connectivity index (χ4n) is 4.00. The molecule has 0 radical (unpaired) electrons. The highest BCUT2D eigenvalue weighted by atomic mass is 32.2. The molecule has 8 nitrogen and oxygen atoms in total. The summed E-state index contributed by atoms with van der Waals surface area (Å²) in [6.45, 7) is 8.21. The van der Waals surface area contributed by atoms with Crippen molar-refractivity contribution in [1.82, 2.24) is 24.8 Å². The van der Waals surface area contributed by atoms with Gasteiger partial charge in [0, 0.05) is 12.7 Å². The Bertz CT molecular complexity index is 1350. The van der Waals surface area contributed by atoms with Gasteiger partial charge in [-0.3, -0.25) is 14.5 Å². The first-order valence-corrected chi connectivity index (χ1v) is 12.6. The van der Waals surface area contributed by atoms with Gasteiger partial charge >= 0.3 is 0 Å². The number of nitrogens with one attached hydrogen (secondary N) is 1. The van der Waals surface area contributed by atoms with Crippen LogP contribution in [-0.4, -0.2) is 50.7 Å². The van der Waals surface area contributed by atoms with E-state index < -0.39 is 0 Å². The molecule has 0 aliphatic carbocycles. The lowest BCUT2D eigenvalue weighted by atomic mass is 10.2. The minimum absolute atomic E-state index is 0.0533. The molecule has 0 aliphatic heterocycles. The molecule has 0 aliphatic rings. The number of carbonyl (C=O) groups is 1. The SMILES string of the molecule is CCN(CC)C(CNC(=O)CSc1nc2ccccc2c(=O)n1-c1cc(C)ccn1)c1ccco1. The van der Waals surface area contributed by atoms with Crippen LogP contribution in [-0.2, 0) is 4.79 Å². The maximum absolute atomic E-state index is 13.3. The lowest BCUT2D eigenvalue weighted by Crippen LogP contribution is -2.38. The highest BCUT2D eigenvalue weighted by Gasteiger charge is 2.22. The fraction of sp³-hybridized carbons (Fsp3) is 0.308. The molecule has 182 valence electrons. The minimum atomic E-state index is -0.212. The van der Waals surface area contributed by atoms with E-state index in [-0.39, 0.29) is 23.3 Å². The molecular formula is C26H29N5O3S. The summed E-state index contributed by atoms with van der Waals surface area (Å²) in [7, 11) is 0. The molecular weight excluding hydrogens is 462 g/mol. The topological polar surface area (TPSA) is 93.3 Å². The first-order chi connectivity index (χ1) is 17.0. The van der Waals surface area contributed by atoms with E-state index in [1.807, 2.05) is 43.3 Å². The number of thioether (sulfide) groups is 1. The zero-order valence-electron chi connectivity index (χ0n) is 20.1. The lowest BCUT2D eigenvalue weighted by molar-refractivity contribution is -0.118. The first-order valence-electron chi connectivity index (χ1n) is 11.6. The molecule has 0 saturated carbocycles. The number of rotatable bonds is 10. The van der Waals surface area contributed by atoms with Gasteiger partial charge in [-0.15, -0.1) is 0 Å². The second kappa shape index (κ2) is 11.3. The average Bonchev–Trinajstić information content (AvgIpc) is 3.40. The van der Waals surface area contributed by atoms with E-state index >= 15 is 0 Å². The highest BCUT2D eigenvalue weighted by molar-refractivity contribution is 7.99. The summed E-state index contributed by atoms with van der Waals surface area (Å²) in [4.78, 5) is 37.5. The van der Waals surface area contributed by atoms with Crippen molar-refractivity contribution in [3.05, 3.63) is 82.7 Å². The van der Waals surface area contributed by atoms with Gasteiger partial charge in [0.15, 0.2) is 5.16 Å². The van der Waals surface area contributed by atoms with E-state index in [0.717, 1.165) is 24.4 Å². The maximum atomic E-state index is 13.3. The van der Waals surface area contributed by atoms with Crippen molar-refractivity contribution in [2.75, 3.05) is 25.4 Å². The summed E-state index contributed by atoms with van der Waals surface area (Å²) in [6.07, 6.45) is 3.31. The number of para-hydroxylation sites is 1. The summed E-state index contributed by atoms with van der Waals surface area (Å²) >= 11 is 1.22. The number of hydrogen-bond donors (Lipinski definition) is 1. The third-order valence-corrected chi connectivity index (χ3v) is 6.76. The fourth-order valence-corrected chi connectivity index (χ4v) is 4.83. The number of furan rings is 1. The molecule has 35 heavy (non-hydrogen) atoms. The Kier molecular flexibility index (Phi) is 7.99. The van der Waals surface area contributed by atoms with Crippen LogP contribution >= 0.6 is 11.8 Å². The molecule has 0 bridgehead atoms. The third kappa shape index (κ3) is 5.63. The van der Waals surface area contributed by atoms with Crippen LogP contribution in [0.4, 0.5) is 0 Å². The number of fused-ring (bicyclic) bond motifs is 1. The van der Waals surface area contributed by atoms with Crippen LogP contribution < -0.4 is 10.9 Å². The summed E-state index contributed by atoms with van der Waals surface area (Å²) in [5.41, 5.74) is 1.35. The molecule has 1 N–H and O–H groups in total. The minimum Gasteiger partial charge on any atom is -0.468 e. The predicted octanol–water partition coefficient (Wildman–Crippen LogP) is 3.97. The summed E-state index contributed by atoms with van der Waals surface area (Å²) in [5, 5.41) is 3.95. The van der Waals surface area contributed by atoms with Crippen molar-refractivity contribution in [1.29, 1.82) is 0 Å². The second-order valence-electron chi connectivity index (χ2n) is 8.09. The molecule has 0 spiro atoms. The van der Waals surface area contributed by atoms with E-state index in [2.05, 4.69) is 34.0 Å². The van der Waals surface area contributed by atoms with Crippen LogP contribution in [0.15, 0.2) is 75.4 Å². The Morgan fingerprint density at radius 1 is 1.17 bits per heavy atom. The van der Waals surface area contributed by atoms with Gasteiger partial charge in [0.2, 0.25) is 5.91 Å². The van der Waals surface area contributed by atoms with Gasteiger partial charge < -0.3 is 9.73 Å². The summed E-state index contributed by atoms with van der Waals surface area (Å²) < 4.78 is 7.10. The smallest absolute Gasteiger partial charge is 0.267 e. The number of carbonyl (C=O) groups excluding carboxylic acids is 1. The number of likely N-dealkylation sites (N-methyl/N-ethyl adjacent to an activating group) is 1. The maximum Gasteiger partial charge on any atom is 0.267 e. The van der Waals surface area contributed by atoms with Crippen LogP contribution in [0, 0.1) is 6.92 Å². The van der Waals surface area contributed by atoms with Gasteiger partial charge in [0.05, 0.1) is 29.0 Å². The zero-order valence-corrected chi connectivity index (χ0v) is 20.9. The Hall–Kier alpha value is -3.43. The van der Waals surface area contributed by atoms with Crippen molar-refractivity contribution in [2.24, 2.45) is 0 Å². The average molecular weight is 492 g/mol. The van der Waals surface area contributed by atoms with Crippen molar-refractivity contribution in [3.8, 4) is 5.82 Å². The molecule has 3 aromatic heterocycles. The second-order valence-corrected chi connectivity index (χ2v) is 9.03. The van der Waals surface area contributed by atoms with Crippen molar-refractivity contribution >= 4 is 28.6 Å². The highest BCUT2D eigenvalue weighted by Crippen LogP contribution is 2.22. The summed E-state index contributed by atoms with van der Waals surface area (Å²) in [6, 6.07) is 14.6. The van der Waals surface area contributed by atoms with Gasteiger partial charge in [-0.2, -0.15) is 0 Å². The van der Waals surface area contributed by atoms with Gasteiger partial charge in [0.1, 0.15) is 11.6 Å². The number of nitrogens with zero attached hydrogens (tertiary/aromatic N) is 4. The molecule has 0 fully saturated rings. The molecule has 9 heteroatoms. The number of benzene rings is 1. The molecule has 1 unspecified atom stereocenters. The Morgan fingerprint density at radius 2 is 1.97 bits per heavy atom. The van der Waals surface area contributed by atoms with Crippen LogP contribution in [0.1, 0.15) is 31.2 Å². The Morgan fingerprint density at radius 3 is 2.69 bits per heavy atom. The molecule has 1 atom stereocenters. The van der Waals surface area contributed by atoms with Gasteiger partial charge in [-0.05, 0) is 62.0 Å². The molecule has 1 aromatic carbocycles. The number of aryl methyl sites for hydroxylation is 1. The van der Waals surface area contributed by atoms with E-state index in [9.17, 15) is 9.59 Å². The first kappa shape index (κ1) is 24.7. The lowest BCUT2D eigenvalue weighted by Gasteiger charge is -2.28. The molecule has 0 saturated heterocycles. The number of aromatic nitrogens is 3. The van der Waals surface area contributed by atoms with Crippen LogP contribution in [0.5, 0.6) is 0 Å². The van der Waals surface area contributed by atoms with Gasteiger partial charge in [0.25, 0.3) is 5.56 Å². The molecule has 4 aromatic rings. The van der Waals surface area contributed by atoms with Crippen molar-refractivity contribution in [2.45, 2.75) is 32.0 Å². The normalized spacial score (nSPS) is 12.2. The van der Waals surface area contributed by atoms with Gasteiger partial charge in [-0.25, -0.2) is 14.5 Å². The van der Waals surface area contributed by atoms with Gasteiger partial charge in [-0.1, -0.05) is 37.7 Å². The molecule has 1 amide bonds. The van der Waals surface area contributed by atoms with Crippen molar-refractivity contribution < 1.29 is 9.21 Å². The third-order valence-electron chi connectivity index (χ3n) is 5.82. The van der Waals surface area contributed by atoms with E-state index in [1.165, 1.54) is 16.3 Å². The Balaban J connectivity index is 1.55. The monoisotopic (exact) mass is 491 g/mol. The predicted molar refractivity (Wildman–Crippen MR) is 138 cm³/mol. The quantitative estimate of drug-likeness (QED) is 0.265. The van der Waals surface area contributed by atoms with E-state index in [1.54, 1.807) is 24.6 Å². The zero-order chi connectivity index (χ0) is 24.8. The largest absolute Gasteiger partial charge is 0.468 e. The van der Waals surface area contributed by atoms with Crippen LogP contribution in [0.3, 0.4) is 0 Å². The standard InChI is InChI=1S/C26H29N5O3S/c1-4-30(5-2)21(22-11-8-14-34-22)16-28-24(32)17-35-26-29-20-10-7-6-9-19(20)25(33)31(26)23-15-18(3)12-13-27-23/h6-15,21H,4-5,16-17H2,1-3H3,(H,28,32).